The van der Waals surface area contributed by atoms with Gasteiger partial charge in [-0.25, -0.2) is 8.42 Å². The molecule has 13 heavy (non-hydrogen) atoms. The maximum absolute atomic E-state index is 11.1. The largest absolute Gasteiger partial charge is 0.301 e. The van der Waals surface area contributed by atoms with Crippen molar-refractivity contribution in [2.45, 2.75) is 0 Å². The van der Waals surface area contributed by atoms with Crippen molar-refractivity contribution in [1.82, 2.24) is 9.19 Å². The van der Waals surface area contributed by atoms with E-state index in [-0.39, 0.29) is 14.1 Å². The number of aromatic nitrogens is 2. The van der Waals surface area contributed by atoms with Gasteiger partial charge in [-0.2, -0.15) is 5.10 Å². The Morgan fingerprint density at radius 1 is 1.46 bits per heavy atom. The molecule has 72 valence electrons. The molecule has 5 nitrogen and oxygen atoms in total. The van der Waals surface area contributed by atoms with Gasteiger partial charge in [-0.1, -0.05) is 23.2 Å². The van der Waals surface area contributed by atoms with Crippen molar-refractivity contribution in [2.24, 2.45) is 0 Å². The molecule has 0 unspecified atom stereocenters. The molecule has 0 spiro atoms. The third-order valence-electron chi connectivity index (χ3n) is 1.16. The minimum Gasteiger partial charge on any atom is -0.265 e. The lowest BCUT2D eigenvalue weighted by molar-refractivity contribution is 0.582. The molecule has 0 amide bonds. The van der Waals surface area contributed by atoms with Crippen LogP contribution in [0.1, 0.15) is 0 Å². The SMILES string of the molecule is CS(=O)(=O)n1ncc(Cl)c(Cl)c1=O. The Balaban J connectivity index is 3.64. The molecule has 1 rings (SSSR count). The average Bonchev–Trinajstić information content (AvgIpc) is 1.98. The van der Waals surface area contributed by atoms with E-state index in [2.05, 4.69) is 5.10 Å². The van der Waals surface area contributed by atoms with Gasteiger partial charge < -0.3 is 0 Å². The van der Waals surface area contributed by atoms with Crippen LogP contribution in [0.5, 0.6) is 0 Å². The zero-order chi connectivity index (χ0) is 10.2. The predicted octanol–water partition coefficient (Wildman–Crippen LogP) is 0.358. The van der Waals surface area contributed by atoms with Crippen LogP contribution in [0.3, 0.4) is 0 Å². The standard InChI is InChI=1S/C5H4Cl2N2O3S/c1-13(11,12)9-5(10)4(7)3(6)2-8-9/h2H,1H3. The lowest BCUT2D eigenvalue weighted by Gasteiger charge is -2.01. The molecule has 0 bridgehead atoms. The minimum atomic E-state index is -3.72. The second-order valence-corrected chi connectivity index (χ2v) is 4.81. The van der Waals surface area contributed by atoms with Gasteiger partial charge in [0.1, 0.15) is 5.02 Å². The van der Waals surface area contributed by atoms with Crippen molar-refractivity contribution >= 4 is 33.2 Å². The van der Waals surface area contributed by atoms with Gasteiger partial charge in [0.15, 0.2) is 0 Å². The Bertz CT molecular complexity index is 493. The zero-order valence-corrected chi connectivity index (χ0v) is 8.69. The van der Waals surface area contributed by atoms with E-state index in [1.54, 1.807) is 0 Å². The van der Waals surface area contributed by atoms with Gasteiger partial charge in [0.25, 0.3) is 10.0 Å². The summed E-state index contributed by atoms with van der Waals surface area (Å²) in [6, 6.07) is 0. The topological polar surface area (TPSA) is 69.0 Å². The summed E-state index contributed by atoms with van der Waals surface area (Å²) in [5.41, 5.74) is -0.948. The van der Waals surface area contributed by atoms with E-state index in [0.29, 0.717) is 0 Å². The van der Waals surface area contributed by atoms with Gasteiger partial charge in [-0.15, -0.1) is 4.09 Å². The van der Waals surface area contributed by atoms with Crippen molar-refractivity contribution in [3.05, 3.63) is 26.6 Å². The molecule has 1 heterocycles. The van der Waals surface area contributed by atoms with Crippen molar-refractivity contribution < 1.29 is 8.42 Å². The summed E-state index contributed by atoms with van der Waals surface area (Å²) in [7, 11) is -3.72. The first kappa shape index (κ1) is 10.5. The van der Waals surface area contributed by atoms with Crippen LogP contribution < -0.4 is 5.56 Å². The second kappa shape index (κ2) is 3.28. The fraction of sp³-hybridized carbons (Fsp3) is 0.200. The number of rotatable bonds is 1. The summed E-state index contributed by atoms with van der Waals surface area (Å²) in [5, 5.41) is 2.87. The second-order valence-electron chi connectivity index (χ2n) is 2.22. The van der Waals surface area contributed by atoms with Gasteiger partial charge in [0, 0.05) is 0 Å². The Labute approximate surface area is 83.9 Å². The number of nitrogens with zero attached hydrogens (tertiary/aromatic N) is 2. The zero-order valence-electron chi connectivity index (χ0n) is 6.36. The summed E-state index contributed by atoms with van der Waals surface area (Å²) in [6.07, 6.45) is 1.83. The third kappa shape index (κ3) is 2.01. The molecular formula is C5H4Cl2N2O3S. The van der Waals surface area contributed by atoms with E-state index in [9.17, 15) is 13.2 Å². The van der Waals surface area contributed by atoms with Gasteiger partial charge in [-0.05, 0) is 0 Å². The summed E-state index contributed by atoms with van der Waals surface area (Å²) < 4.78 is 22.1. The molecular weight excluding hydrogens is 239 g/mol. The number of halogens is 2. The van der Waals surface area contributed by atoms with E-state index in [4.69, 9.17) is 23.2 Å². The summed E-state index contributed by atoms with van der Waals surface area (Å²) >= 11 is 10.9. The quantitative estimate of drug-likeness (QED) is 0.713. The van der Waals surface area contributed by atoms with Crippen molar-refractivity contribution in [3.63, 3.8) is 0 Å². The lowest BCUT2D eigenvalue weighted by atomic mass is 10.6. The summed E-state index contributed by atoms with van der Waals surface area (Å²) in [4.78, 5) is 11.1. The monoisotopic (exact) mass is 242 g/mol. The van der Waals surface area contributed by atoms with Crippen molar-refractivity contribution in [1.29, 1.82) is 0 Å². The normalized spacial score (nSPS) is 11.6. The molecule has 0 aromatic carbocycles. The van der Waals surface area contributed by atoms with E-state index in [1.807, 2.05) is 0 Å². The lowest BCUT2D eigenvalue weighted by Crippen LogP contribution is -2.29. The predicted molar refractivity (Wildman–Crippen MR) is 48.8 cm³/mol. The van der Waals surface area contributed by atoms with Crippen LogP contribution in [0.15, 0.2) is 11.0 Å². The van der Waals surface area contributed by atoms with Crippen LogP contribution in [0.25, 0.3) is 0 Å². The molecule has 8 heteroatoms. The molecule has 1 aromatic rings. The highest BCUT2D eigenvalue weighted by Gasteiger charge is 2.13. The first-order valence-electron chi connectivity index (χ1n) is 2.98. The van der Waals surface area contributed by atoms with E-state index in [1.165, 1.54) is 0 Å². The van der Waals surface area contributed by atoms with Gasteiger partial charge in [-0.3, -0.25) is 4.79 Å². The fourth-order valence-electron chi connectivity index (χ4n) is 0.635. The Morgan fingerprint density at radius 2 is 2.00 bits per heavy atom. The molecule has 0 aliphatic heterocycles. The van der Waals surface area contributed by atoms with Gasteiger partial charge in [0.05, 0.1) is 17.5 Å². The van der Waals surface area contributed by atoms with E-state index in [0.717, 1.165) is 12.5 Å². The fourth-order valence-corrected chi connectivity index (χ4v) is 1.55. The molecule has 0 aliphatic carbocycles. The Hall–Kier alpha value is -0.590. The highest BCUT2D eigenvalue weighted by molar-refractivity contribution is 7.89. The maximum Gasteiger partial charge on any atom is 0.301 e. The molecule has 0 atom stereocenters. The van der Waals surface area contributed by atoms with Crippen LogP contribution in [0, 0.1) is 0 Å². The van der Waals surface area contributed by atoms with E-state index < -0.39 is 15.6 Å². The molecule has 0 fully saturated rings. The van der Waals surface area contributed by atoms with Gasteiger partial charge >= 0.3 is 5.56 Å². The Morgan fingerprint density at radius 3 is 2.46 bits per heavy atom. The summed E-state index contributed by atoms with van der Waals surface area (Å²) in [5.74, 6) is 0. The first-order valence-corrected chi connectivity index (χ1v) is 5.58. The molecule has 0 N–H and O–H groups in total. The highest BCUT2D eigenvalue weighted by atomic mass is 35.5. The van der Waals surface area contributed by atoms with Crippen LogP contribution in [0.4, 0.5) is 0 Å². The molecule has 1 aromatic heterocycles. The first-order chi connectivity index (χ1) is 5.84. The van der Waals surface area contributed by atoms with E-state index >= 15 is 0 Å². The average molecular weight is 243 g/mol. The minimum absolute atomic E-state index is 0.0773. The van der Waals surface area contributed by atoms with Crippen LogP contribution >= 0.6 is 23.2 Å². The molecule has 0 radical (unpaired) electrons. The van der Waals surface area contributed by atoms with Crippen molar-refractivity contribution in [3.8, 4) is 0 Å². The molecule has 0 saturated heterocycles. The van der Waals surface area contributed by atoms with Gasteiger partial charge in [0.2, 0.25) is 0 Å². The summed E-state index contributed by atoms with van der Waals surface area (Å²) in [6.45, 7) is 0. The molecule has 0 aliphatic rings. The van der Waals surface area contributed by atoms with Crippen molar-refractivity contribution in [2.75, 3.05) is 6.26 Å². The molecule has 0 saturated carbocycles. The number of hydrogen-bond donors (Lipinski definition) is 0. The van der Waals surface area contributed by atoms with Crippen LogP contribution in [0.2, 0.25) is 10.0 Å². The van der Waals surface area contributed by atoms with Crippen LogP contribution in [-0.2, 0) is 10.0 Å². The number of hydrogen-bond acceptors (Lipinski definition) is 4. The smallest absolute Gasteiger partial charge is 0.265 e. The maximum atomic E-state index is 11.1. The third-order valence-corrected chi connectivity index (χ3v) is 2.80. The van der Waals surface area contributed by atoms with Crippen LogP contribution in [-0.4, -0.2) is 23.9 Å². The highest BCUT2D eigenvalue weighted by Crippen LogP contribution is 2.14. The Kier molecular flexibility index (Phi) is 2.65.